The van der Waals surface area contributed by atoms with Crippen LogP contribution in [0.5, 0.6) is 0 Å². The van der Waals surface area contributed by atoms with Crippen molar-refractivity contribution < 1.29 is 14.3 Å². The van der Waals surface area contributed by atoms with E-state index in [2.05, 4.69) is 4.98 Å². The molecule has 1 atom stereocenters. The number of benzene rings is 2. The molecule has 4 rings (SSSR count). The minimum atomic E-state index is -0.908. The lowest BCUT2D eigenvalue weighted by Crippen LogP contribution is -2.24. The van der Waals surface area contributed by atoms with Crippen molar-refractivity contribution in [3.05, 3.63) is 75.8 Å². The van der Waals surface area contributed by atoms with E-state index in [1.54, 1.807) is 47.9 Å². The highest BCUT2D eigenvalue weighted by molar-refractivity contribution is 6.02. The predicted octanol–water partition coefficient (Wildman–Crippen LogP) is 2.77. The normalized spacial score (nSPS) is 14.0. The van der Waals surface area contributed by atoms with Crippen LogP contribution in [0.15, 0.2) is 53.3 Å². The fourth-order valence-corrected chi connectivity index (χ4v) is 3.33. The largest absolute Gasteiger partial charge is 0.451 e. The fraction of sp³-hybridized carbons (Fsp3) is 0.238. The van der Waals surface area contributed by atoms with Crippen molar-refractivity contribution in [3.8, 4) is 0 Å². The molecule has 3 aromatic rings. The zero-order valence-electron chi connectivity index (χ0n) is 14.8. The van der Waals surface area contributed by atoms with Crippen LogP contribution in [-0.4, -0.2) is 27.4 Å². The standard InChI is InChI=1S/C21H18N2O4/c1-13(19(24)14-6-3-2-4-7-14)27-21(26)15-9-10-16-17(12-15)22-18-8-5-11-23(18)20(16)25/h2-4,6-7,9-10,12-13H,5,8,11H2,1H3. The Morgan fingerprint density at radius 1 is 1.11 bits per heavy atom. The Morgan fingerprint density at radius 3 is 2.67 bits per heavy atom. The van der Waals surface area contributed by atoms with Crippen LogP contribution in [0.1, 0.15) is 39.9 Å². The topological polar surface area (TPSA) is 78.3 Å². The first kappa shape index (κ1) is 17.1. The van der Waals surface area contributed by atoms with Crippen LogP contribution in [0.2, 0.25) is 0 Å². The van der Waals surface area contributed by atoms with Crippen molar-refractivity contribution in [2.75, 3.05) is 0 Å². The SMILES string of the molecule is CC(OC(=O)c1ccc2c(=O)n3c(nc2c1)CCC3)C(=O)c1ccccc1. The van der Waals surface area contributed by atoms with Crippen molar-refractivity contribution in [1.29, 1.82) is 0 Å². The van der Waals surface area contributed by atoms with E-state index >= 15 is 0 Å². The summed E-state index contributed by atoms with van der Waals surface area (Å²) in [6.07, 6.45) is 0.740. The van der Waals surface area contributed by atoms with Gasteiger partial charge in [0.2, 0.25) is 5.78 Å². The van der Waals surface area contributed by atoms with E-state index in [1.165, 1.54) is 6.07 Å². The molecule has 1 aliphatic heterocycles. The van der Waals surface area contributed by atoms with Gasteiger partial charge in [0.25, 0.3) is 5.56 Å². The number of Topliss-reactive ketones (excluding diaryl/α,β-unsaturated/α-hetero) is 1. The second kappa shape index (κ2) is 6.79. The summed E-state index contributed by atoms with van der Waals surface area (Å²) in [6.45, 7) is 2.23. The van der Waals surface area contributed by atoms with Crippen molar-refractivity contribution in [2.45, 2.75) is 32.4 Å². The monoisotopic (exact) mass is 362 g/mol. The quantitative estimate of drug-likeness (QED) is 0.527. The number of ketones is 1. The second-order valence-corrected chi connectivity index (χ2v) is 6.60. The zero-order valence-corrected chi connectivity index (χ0v) is 14.8. The number of hydrogen-bond acceptors (Lipinski definition) is 5. The summed E-state index contributed by atoms with van der Waals surface area (Å²) in [5, 5.41) is 0.477. The second-order valence-electron chi connectivity index (χ2n) is 6.60. The van der Waals surface area contributed by atoms with Gasteiger partial charge in [-0.25, -0.2) is 9.78 Å². The van der Waals surface area contributed by atoms with E-state index in [4.69, 9.17) is 4.74 Å². The third-order valence-corrected chi connectivity index (χ3v) is 4.76. The lowest BCUT2D eigenvalue weighted by molar-refractivity contribution is 0.0319. The first-order valence-corrected chi connectivity index (χ1v) is 8.88. The Balaban J connectivity index is 1.59. The van der Waals surface area contributed by atoms with Crippen molar-refractivity contribution in [2.24, 2.45) is 0 Å². The van der Waals surface area contributed by atoms with E-state index in [1.807, 2.05) is 6.07 Å². The Kier molecular flexibility index (Phi) is 4.32. The average Bonchev–Trinajstić information content (AvgIpc) is 3.16. The molecule has 0 N–H and O–H groups in total. The summed E-state index contributed by atoms with van der Waals surface area (Å²) >= 11 is 0. The molecule has 1 aliphatic rings. The first-order valence-electron chi connectivity index (χ1n) is 8.88. The minimum absolute atomic E-state index is 0.0833. The van der Waals surface area contributed by atoms with E-state index in [0.717, 1.165) is 18.7 Å². The molecule has 0 amide bonds. The molecule has 0 radical (unpaired) electrons. The van der Waals surface area contributed by atoms with Gasteiger partial charge >= 0.3 is 5.97 Å². The van der Waals surface area contributed by atoms with Crippen LogP contribution in [0, 0.1) is 0 Å². The Labute approximate surface area is 155 Å². The number of hydrogen-bond donors (Lipinski definition) is 0. The molecule has 0 fully saturated rings. The Bertz CT molecular complexity index is 1100. The summed E-state index contributed by atoms with van der Waals surface area (Å²) in [7, 11) is 0. The maximum Gasteiger partial charge on any atom is 0.338 e. The average molecular weight is 362 g/mol. The van der Waals surface area contributed by atoms with Gasteiger partial charge in [0.15, 0.2) is 6.10 Å². The van der Waals surface area contributed by atoms with Gasteiger partial charge in [-0.1, -0.05) is 30.3 Å². The third kappa shape index (κ3) is 3.14. The molecule has 27 heavy (non-hydrogen) atoms. The summed E-state index contributed by atoms with van der Waals surface area (Å²) in [5.74, 6) is -0.138. The number of rotatable bonds is 4. The highest BCUT2D eigenvalue weighted by Gasteiger charge is 2.21. The van der Waals surface area contributed by atoms with Crippen LogP contribution >= 0.6 is 0 Å². The van der Waals surface area contributed by atoms with E-state index < -0.39 is 12.1 Å². The van der Waals surface area contributed by atoms with E-state index in [-0.39, 0.29) is 16.9 Å². The number of ether oxygens (including phenoxy) is 1. The molecule has 1 unspecified atom stereocenters. The molecule has 0 aliphatic carbocycles. The van der Waals surface area contributed by atoms with Gasteiger partial charge < -0.3 is 4.74 Å². The van der Waals surface area contributed by atoms with Crippen molar-refractivity contribution in [3.63, 3.8) is 0 Å². The highest BCUT2D eigenvalue weighted by Crippen LogP contribution is 2.17. The molecule has 0 spiro atoms. The minimum Gasteiger partial charge on any atom is -0.451 e. The molecule has 2 aromatic carbocycles. The highest BCUT2D eigenvalue weighted by atomic mass is 16.5. The van der Waals surface area contributed by atoms with Crippen molar-refractivity contribution >= 4 is 22.7 Å². The number of aryl methyl sites for hydroxylation is 1. The van der Waals surface area contributed by atoms with Gasteiger partial charge in [-0.3, -0.25) is 14.2 Å². The molecule has 2 heterocycles. The molecule has 6 heteroatoms. The maximum atomic E-state index is 12.5. The zero-order chi connectivity index (χ0) is 19.0. The van der Waals surface area contributed by atoms with Gasteiger partial charge in [0.05, 0.1) is 16.5 Å². The number of fused-ring (bicyclic) bond motifs is 2. The van der Waals surface area contributed by atoms with Crippen LogP contribution in [-0.2, 0) is 17.7 Å². The molecular formula is C21H18N2O4. The summed E-state index contributed by atoms with van der Waals surface area (Å²) < 4.78 is 7.01. The van der Waals surface area contributed by atoms with Crippen molar-refractivity contribution in [1.82, 2.24) is 9.55 Å². The summed E-state index contributed by atoms with van der Waals surface area (Å²) in [6, 6.07) is 13.4. The first-order chi connectivity index (χ1) is 13.0. The smallest absolute Gasteiger partial charge is 0.338 e. The predicted molar refractivity (Wildman–Crippen MR) is 100.0 cm³/mol. The van der Waals surface area contributed by atoms with E-state index in [0.29, 0.717) is 23.0 Å². The lowest BCUT2D eigenvalue weighted by Gasteiger charge is -2.13. The molecule has 0 bridgehead atoms. The van der Waals surface area contributed by atoms with Crippen LogP contribution in [0.25, 0.3) is 10.9 Å². The van der Waals surface area contributed by atoms with Crippen LogP contribution in [0.3, 0.4) is 0 Å². The number of carbonyl (C=O) groups excluding carboxylic acids is 2. The van der Waals surface area contributed by atoms with Gasteiger partial charge in [0.1, 0.15) is 5.82 Å². The molecule has 136 valence electrons. The van der Waals surface area contributed by atoms with Crippen LogP contribution in [0.4, 0.5) is 0 Å². The molecule has 6 nitrogen and oxygen atoms in total. The summed E-state index contributed by atoms with van der Waals surface area (Å²) in [4.78, 5) is 41.8. The lowest BCUT2D eigenvalue weighted by atomic mass is 10.1. The van der Waals surface area contributed by atoms with Gasteiger partial charge in [-0.15, -0.1) is 0 Å². The Morgan fingerprint density at radius 2 is 1.89 bits per heavy atom. The molecule has 0 saturated carbocycles. The van der Waals surface area contributed by atoms with Gasteiger partial charge in [0, 0.05) is 18.5 Å². The van der Waals surface area contributed by atoms with Gasteiger partial charge in [-0.2, -0.15) is 0 Å². The summed E-state index contributed by atoms with van der Waals surface area (Å²) in [5.41, 5.74) is 1.15. The maximum absolute atomic E-state index is 12.5. The number of nitrogens with zero attached hydrogens (tertiary/aromatic N) is 2. The number of carbonyl (C=O) groups is 2. The fourth-order valence-electron chi connectivity index (χ4n) is 3.33. The van der Waals surface area contributed by atoms with E-state index in [9.17, 15) is 14.4 Å². The van der Waals surface area contributed by atoms with Gasteiger partial charge in [-0.05, 0) is 31.5 Å². The molecule has 0 saturated heterocycles. The Hall–Kier alpha value is -3.28. The molecule has 1 aromatic heterocycles. The van der Waals surface area contributed by atoms with Crippen LogP contribution < -0.4 is 5.56 Å². The molecular weight excluding hydrogens is 344 g/mol. The number of aromatic nitrogens is 2. The number of esters is 1. The third-order valence-electron chi connectivity index (χ3n) is 4.76.